The highest BCUT2D eigenvalue weighted by atomic mass is 79.9. The summed E-state index contributed by atoms with van der Waals surface area (Å²) in [6.07, 6.45) is 3.99. The van der Waals surface area contributed by atoms with Crippen LogP contribution in [0.3, 0.4) is 0 Å². The zero-order valence-corrected chi connectivity index (χ0v) is 10.3. The molecule has 0 saturated carbocycles. The smallest absolute Gasteiger partial charge is 0.255 e. The van der Waals surface area contributed by atoms with Crippen LogP contribution in [0.2, 0.25) is 0 Å². The summed E-state index contributed by atoms with van der Waals surface area (Å²) >= 11 is 3.34. The van der Waals surface area contributed by atoms with Gasteiger partial charge in [0.2, 0.25) is 0 Å². The zero-order chi connectivity index (χ0) is 11.1. The highest BCUT2D eigenvalue weighted by Gasteiger charge is 2.13. The number of aromatic nitrogens is 2. The zero-order valence-electron chi connectivity index (χ0n) is 8.69. The van der Waals surface area contributed by atoms with Gasteiger partial charge in [-0.1, -0.05) is 22.9 Å². The van der Waals surface area contributed by atoms with Gasteiger partial charge in [0.05, 0.1) is 18.0 Å². The summed E-state index contributed by atoms with van der Waals surface area (Å²) in [5, 5.41) is 8.14. The number of nitrogens with zero attached hydrogens (tertiary/aromatic N) is 3. The normalized spacial score (nSPS) is 10.0. The second kappa shape index (κ2) is 6.50. The molecular weight excluding hydrogens is 258 g/mol. The van der Waals surface area contributed by atoms with Crippen molar-refractivity contribution in [3.05, 3.63) is 24.0 Å². The van der Waals surface area contributed by atoms with Crippen molar-refractivity contribution >= 4 is 21.8 Å². The maximum Gasteiger partial charge on any atom is 0.255 e. The van der Waals surface area contributed by atoms with Gasteiger partial charge in [0.25, 0.3) is 5.91 Å². The molecule has 0 unspecified atom stereocenters. The molecule has 0 spiro atoms. The van der Waals surface area contributed by atoms with Gasteiger partial charge in [0.15, 0.2) is 0 Å². The number of alkyl halides is 1. The lowest BCUT2D eigenvalue weighted by Gasteiger charge is -2.20. The molecule has 5 heteroatoms. The second-order valence-electron chi connectivity index (χ2n) is 3.11. The fraction of sp³-hybridized carbons (Fsp3) is 0.500. The Bertz CT molecular complexity index is 299. The van der Waals surface area contributed by atoms with Crippen LogP contribution in [0.4, 0.5) is 0 Å². The molecule has 82 valence electrons. The van der Waals surface area contributed by atoms with E-state index in [1.165, 1.54) is 12.4 Å². The van der Waals surface area contributed by atoms with Gasteiger partial charge in [-0.05, 0) is 12.5 Å². The molecule has 0 aromatic carbocycles. The minimum atomic E-state index is 0.0196. The first-order chi connectivity index (χ1) is 7.29. The molecule has 0 fully saturated rings. The predicted molar refractivity (Wildman–Crippen MR) is 62.0 cm³/mol. The third kappa shape index (κ3) is 3.58. The topological polar surface area (TPSA) is 46.1 Å². The van der Waals surface area contributed by atoms with Gasteiger partial charge in [0, 0.05) is 18.4 Å². The van der Waals surface area contributed by atoms with Gasteiger partial charge in [-0.15, -0.1) is 0 Å². The molecule has 4 nitrogen and oxygen atoms in total. The average Bonchev–Trinajstić information content (AvgIpc) is 2.29. The standard InChI is InChI=1S/C10H14BrN3O/c1-2-6-14(7-4-11)10(15)9-3-5-12-13-8-9/h3,5,8H,2,4,6-7H2,1H3. The SMILES string of the molecule is CCCN(CCBr)C(=O)c1ccnnc1. The van der Waals surface area contributed by atoms with Crippen molar-refractivity contribution < 1.29 is 4.79 Å². The van der Waals surface area contributed by atoms with Crippen molar-refractivity contribution in [2.75, 3.05) is 18.4 Å². The van der Waals surface area contributed by atoms with Crippen LogP contribution in [0.1, 0.15) is 23.7 Å². The molecule has 1 amide bonds. The maximum atomic E-state index is 12.0. The third-order valence-corrected chi connectivity index (χ3v) is 2.32. The molecule has 15 heavy (non-hydrogen) atoms. The van der Waals surface area contributed by atoms with Gasteiger partial charge in [-0.25, -0.2) is 0 Å². The molecule has 1 rings (SSSR count). The Morgan fingerprint density at radius 2 is 2.27 bits per heavy atom. The number of halogens is 1. The lowest BCUT2D eigenvalue weighted by Crippen LogP contribution is -2.33. The lowest BCUT2D eigenvalue weighted by atomic mass is 10.2. The van der Waals surface area contributed by atoms with E-state index in [1.807, 2.05) is 4.90 Å². The van der Waals surface area contributed by atoms with Gasteiger partial charge in [0.1, 0.15) is 0 Å². The summed E-state index contributed by atoms with van der Waals surface area (Å²) in [5.74, 6) is 0.0196. The van der Waals surface area contributed by atoms with Crippen LogP contribution in [0.15, 0.2) is 18.5 Å². The molecule has 1 aromatic rings. The number of amides is 1. The van der Waals surface area contributed by atoms with Crippen molar-refractivity contribution in [3.63, 3.8) is 0 Å². The van der Waals surface area contributed by atoms with Gasteiger partial charge in [-0.2, -0.15) is 10.2 Å². The van der Waals surface area contributed by atoms with Crippen molar-refractivity contribution in [1.82, 2.24) is 15.1 Å². The minimum absolute atomic E-state index is 0.0196. The lowest BCUT2D eigenvalue weighted by molar-refractivity contribution is 0.0766. The van der Waals surface area contributed by atoms with Crippen LogP contribution < -0.4 is 0 Å². The maximum absolute atomic E-state index is 12.0. The van der Waals surface area contributed by atoms with Crippen molar-refractivity contribution in [3.8, 4) is 0 Å². The highest BCUT2D eigenvalue weighted by Crippen LogP contribution is 2.03. The van der Waals surface area contributed by atoms with Crippen LogP contribution in [0.25, 0.3) is 0 Å². The Morgan fingerprint density at radius 3 is 2.80 bits per heavy atom. The number of carbonyl (C=O) groups is 1. The molecule has 1 aromatic heterocycles. The van der Waals surface area contributed by atoms with E-state index in [1.54, 1.807) is 6.07 Å². The molecule has 0 aliphatic heterocycles. The summed E-state index contributed by atoms with van der Waals surface area (Å²) < 4.78 is 0. The number of hydrogen-bond acceptors (Lipinski definition) is 3. The van der Waals surface area contributed by atoms with Crippen LogP contribution in [-0.2, 0) is 0 Å². The summed E-state index contributed by atoms with van der Waals surface area (Å²) in [6, 6.07) is 1.69. The molecule has 0 aliphatic rings. The number of carbonyl (C=O) groups excluding carboxylic acids is 1. The van der Waals surface area contributed by atoms with Crippen molar-refractivity contribution in [2.24, 2.45) is 0 Å². The van der Waals surface area contributed by atoms with Crippen LogP contribution >= 0.6 is 15.9 Å². The first kappa shape index (κ1) is 12.1. The van der Waals surface area contributed by atoms with E-state index in [4.69, 9.17) is 0 Å². The highest BCUT2D eigenvalue weighted by molar-refractivity contribution is 9.09. The molecule has 0 bridgehead atoms. The van der Waals surface area contributed by atoms with Crippen LogP contribution in [0.5, 0.6) is 0 Å². The third-order valence-electron chi connectivity index (χ3n) is 1.97. The molecule has 1 heterocycles. The van der Waals surface area contributed by atoms with E-state index in [0.717, 1.165) is 24.8 Å². The van der Waals surface area contributed by atoms with Crippen molar-refractivity contribution in [2.45, 2.75) is 13.3 Å². The summed E-state index contributed by atoms with van der Waals surface area (Å²) in [5.41, 5.74) is 0.597. The van der Waals surface area contributed by atoms with Gasteiger partial charge >= 0.3 is 0 Å². The molecule has 0 atom stereocenters. The summed E-state index contributed by atoms with van der Waals surface area (Å²) in [4.78, 5) is 13.8. The molecule has 0 aliphatic carbocycles. The van der Waals surface area contributed by atoms with E-state index >= 15 is 0 Å². The fourth-order valence-corrected chi connectivity index (χ4v) is 1.71. The average molecular weight is 272 g/mol. The monoisotopic (exact) mass is 271 g/mol. The van der Waals surface area contributed by atoms with E-state index in [9.17, 15) is 4.79 Å². The summed E-state index contributed by atoms with van der Waals surface area (Å²) in [6.45, 7) is 3.54. The molecular formula is C10H14BrN3O. The van der Waals surface area contributed by atoms with E-state index < -0.39 is 0 Å². The number of hydrogen-bond donors (Lipinski definition) is 0. The Morgan fingerprint density at radius 1 is 1.47 bits per heavy atom. The molecule has 0 saturated heterocycles. The minimum Gasteiger partial charge on any atom is -0.338 e. The predicted octanol–water partition coefficient (Wildman–Crippen LogP) is 1.72. The Hall–Kier alpha value is -0.970. The van der Waals surface area contributed by atoms with E-state index in [2.05, 4.69) is 33.1 Å². The van der Waals surface area contributed by atoms with E-state index in [0.29, 0.717) is 5.56 Å². The Balaban J connectivity index is 2.71. The summed E-state index contributed by atoms with van der Waals surface area (Å²) in [7, 11) is 0. The van der Waals surface area contributed by atoms with Crippen LogP contribution in [0, 0.1) is 0 Å². The first-order valence-corrected chi connectivity index (χ1v) is 6.03. The largest absolute Gasteiger partial charge is 0.338 e. The van der Waals surface area contributed by atoms with Crippen molar-refractivity contribution in [1.29, 1.82) is 0 Å². The Kier molecular flexibility index (Phi) is 5.25. The quantitative estimate of drug-likeness (QED) is 0.767. The Labute approximate surface area is 97.8 Å². The van der Waals surface area contributed by atoms with Gasteiger partial charge in [-0.3, -0.25) is 4.79 Å². The molecule has 0 radical (unpaired) electrons. The molecule has 0 N–H and O–H groups in total. The van der Waals surface area contributed by atoms with E-state index in [-0.39, 0.29) is 5.91 Å². The number of rotatable bonds is 5. The van der Waals surface area contributed by atoms with Gasteiger partial charge < -0.3 is 4.90 Å². The fourth-order valence-electron chi connectivity index (χ4n) is 1.29. The van der Waals surface area contributed by atoms with Crippen LogP contribution in [-0.4, -0.2) is 39.4 Å². The first-order valence-electron chi connectivity index (χ1n) is 4.91. The second-order valence-corrected chi connectivity index (χ2v) is 3.91.